The maximum Gasteiger partial charge on any atom is 0.129 e. The Kier molecular flexibility index (Phi) is 3.94. The number of fused-ring (bicyclic) bond motifs is 1. The van der Waals surface area contributed by atoms with Crippen LogP contribution in [0.4, 0.5) is 0 Å². The van der Waals surface area contributed by atoms with Gasteiger partial charge in [0, 0.05) is 24.0 Å². The molecule has 0 radical (unpaired) electrons. The first-order chi connectivity index (χ1) is 10.1. The van der Waals surface area contributed by atoms with Crippen LogP contribution in [0.1, 0.15) is 44.8 Å². The van der Waals surface area contributed by atoms with Gasteiger partial charge in [-0.3, -0.25) is 0 Å². The molecule has 1 heterocycles. The van der Waals surface area contributed by atoms with Gasteiger partial charge in [0.25, 0.3) is 0 Å². The normalized spacial score (nSPS) is 31.9. The summed E-state index contributed by atoms with van der Waals surface area (Å²) in [5, 5.41) is 10.4. The smallest absolute Gasteiger partial charge is 0.129 e. The molecule has 0 fully saturated rings. The summed E-state index contributed by atoms with van der Waals surface area (Å²) in [6.45, 7) is 4.45. The molecule has 3 unspecified atom stereocenters. The zero-order chi connectivity index (χ0) is 15.0. The molecule has 2 aliphatic rings. The summed E-state index contributed by atoms with van der Waals surface area (Å²) in [7, 11) is 1.65. The number of aliphatic hydroxyl groups excluding tert-OH is 1. The van der Waals surface area contributed by atoms with Crippen LogP contribution >= 0.6 is 0 Å². The van der Waals surface area contributed by atoms with E-state index in [1.54, 1.807) is 7.11 Å². The maximum atomic E-state index is 10.4. The molecule has 114 valence electrons. The second kappa shape index (κ2) is 5.72. The summed E-state index contributed by atoms with van der Waals surface area (Å²) in [5.74, 6) is 2.63. The van der Waals surface area contributed by atoms with Crippen molar-refractivity contribution < 1.29 is 14.6 Å². The molecule has 0 amide bonds. The Morgan fingerprint density at radius 3 is 2.81 bits per heavy atom. The van der Waals surface area contributed by atoms with Crippen LogP contribution in [-0.2, 0) is 0 Å². The largest absolute Gasteiger partial charge is 0.497 e. The first-order valence-electron chi connectivity index (χ1n) is 7.76. The van der Waals surface area contributed by atoms with Crippen LogP contribution in [0, 0.1) is 11.8 Å². The third kappa shape index (κ3) is 2.93. The molecule has 3 heteroatoms. The number of hydrogen-bond donors (Lipinski definition) is 1. The zero-order valence-corrected chi connectivity index (χ0v) is 13.0. The van der Waals surface area contributed by atoms with Crippen molar-refractivity contribution in [3.63, 3.8) is 0 Å². The fraction of sp³-hybridized carbons (Fsp3) is 0.556. The summed E-state index contributed by atoms with van der Waals surface area (Å²) >= 11 is 0. The van der Waals surface area contributed by atoms with Gasteiger partial charge in [-0.05, 0) is 37.8 Å². The summed E-state index contributed by atoms with van der Waals surface area (Å²) in [6, 6.07) is 5.67. The SMILES string of the molecule is COc1ccc2c(c1)OC(C1CC(C)=CC(C)C1)C[C@H]2O. The van der Waals surface area contributed by atoms with Crippen LogP contribution < -0.4 is 9.47 Å². The Hall–Kier alpha value is -1.48. The molecule has 1 aliphatic carbocycles. The predicted molar refractivity (Wildman–Crippen MR) is 82.6 cm³/mol. The average molecular weight is 288 g/mol. The fourth-order valence-corrected chi connectivity index (χ4v) is 3.75. The van der Waals surface area contributed by atoms with E-state index in [2.05, 4.69) is 19.9 Å². The molecule has 0 aromatic heterocycles. The van der Waals surface area contributed by atoms with Crippen LogP contribution in [0.5, 0.6) is 11.5 Å². The van der Waals surface area contributed by atoms with Crippen molar-refractivity contribution in [1.29, 1.82) is 0 Å². The molecular formula is C18H24O3. The topological polar surface area (TPSA) is 38.7 Å². The molecule has 21 heavy (non-hydrogen) atoms. The minimum atomic E-state index is -0.439. The molecule has 3 nitrogen and oxygen atoms in total. The number of aliphatic hydroxyl groups is 1. The second-order valence-corrected chi connectivity index (χ2v) is 6.50. The lowest BCUT2D eigenvalue weighted by molar-refractivity contribution is 0.0271. The number of methoxy groups -OCH3 is 1. The van der Waals surface area contributed by atoms with Gasteiger partial charge in [-0.2, -0.15) is 0 Å². The Labute approximate surface area is 126 Å². The lowest BCUT2D eigenvalue weighted by atomic mass is 9.78. The van der Waals surface area contributed by atoms with Crippen LogP contribution in [0.3, 0.4) is 0 Å². The first kappa shape index (κ1) is 14.5. The minimum absolute atomic E-state index is 0.0886. The van der Waals surface area contributed by atoms with Crippen molar-refractivity contribution in [3.8, 4) is 11.5 Å². The van der Waals surface area contributed by atoms with E-state index in [1.807, 2.05) is 18.2 Å². The summed E-state index contributed by atoms with van der Waals surface area (Å²) in [4.78, 5) is 0. The van der Waals surface area contributed by atoms with E-state index in [1.165, 1.54) is 5.57 Å². The van der Waals surface area contributed by atoms with Gasteiger partial charge in [0.2, 0.25) is 0 Å². The molecule has 0 saturated heterocycles. The Balaban J connectivity index is 1.82. The number of allylic oxidation sites excluding steroid dienone is 2. The molecule has 1 aromatic carbocycles. The van der Waals surface area contributed by atoms with Crippen molar-refractivity contribution in [3.05, 3.63) is 35.4 Å². The van der Waals surface area contributed by atoms with Crippen LogP contribution in [0.15, 0.2) is 29.8 Å². The Morgan fingerprint density at radius 1 is 1.29 bits per heavy atom. The number of ether oxygens (including phenoxy) is 2. The Bertz CT molecular complexity index is 549. The van der Waals surface area contributed by atoms with Crippen molar-refractivity contribution in [1.82, 2.24) is 0 Å². The van der Waals surface area contributed by atoms with Gasteiger partial charge in [0.05, 0.1) is 13.2 Å². The molecule has 0 bridgehead atoms. The summed E-state index contributed by atoms with van der Waals surface area (Å²) in [5.41, 5.74) is 2.32. The van der Waals surface area contributed by atoms with Crippen molar-refractivity contribution >= 4 is 0 Å². The maximum absolute atomic E-state index is 10.4. The van der Waals surface area contributed by atoms with Gasteiger partial charge in [0.1, 0.15) is 17.6 Å². The molecule has 1 aromatic rings. The fourth-order valence-electron chi connectivity index (χ4n) is 3.75. The molecular weight excluding hydrogens is 264 g/mol. The van der Waals surface area contributed by atoms with Gasteiger partial charge in [-0.15, -0.1) is 0 Å². The van der Waals surface area contributed by atoms with Crippen LogP contribution in [-0.4, -0.2) is 18.3 Å². The van der Waals surface area contributed by atoms with E-state index in [0.717, 1.165) is 29.9 Å². The van der Waals surface area contributed by atoms with Crippen molar-refractivity contribution in [2.24, 2.45) is 11.8 Å². The highest BCUT2D eigenvalue weighted by Crippen LogP contribution is 2.42. The average Bonchev–Trinajstić information content (AvgIpc) is 2.45. The monoisotopic (exact) mass is 288 g/mol. The molecule has 3 rings (SSSR count). The van der Waals surface area contributed by atoms with Gasteiger partial charge >= 0.3 is 0 Å². The zero-order valence-electron chi connectivity index (χ0n) is 13.0. The number of rotatable bonds is 2. The highest BCUT2D eigenvalue weighted by atomic mass is 16.5. The summed E-state index contributed by atoms with van der Waals surface area (Å²) < 4.78 is 11.5. The third-order valence-electron chi connectivity index (χ3n) is 4.67. The summed E-state index contributed by atoms with van der Waals surface area (Å²) in [6.07, 6.45) is 4.89. The highest BCUT2D eigenvalue weighted by molar-refractivity contribution is 5.43. The van der Waals surface area contributed by atoms with Gasteiger partial charge < -0.3 is 14.6 Å². The second-order valence-electron chi connectivity index (χ2n) is 6.50. The molecule has 1 aliphatic heterocycles. The standard InChI is InChI=1S/C18H24O3/c1-11-6-12(2)8-13(7-11)17-10-16(19)15-5-4-14(20-3)9-18(15)21-17/h4-6,9,11,13,16-17,19H,7-8,10H2,1-3H3/t11?,13?,16-,17?/m1/s1. The third-order valence-corrected chi connectivity index (χ3v) is 4.67. The molecule has 4 atom stereocenters. The molecule has 1 N–H and O–H groups in total. The van der Waals surface area contributed by atoms with Crippen molar-refractivity contribution in [2.75, 3.05) is 7.11 Å². The molecule has 0 spiro atoms. The van der Waals surface area contributed by atoms with Crippen molar-refractivity contribution in [2.45, 2.75) is 45.3 Å². The van der Waals surface area contributed by atoms with E-state index in [4.69, 9.17) is 9.47 Å². The van der Waals surface area contributed by atoms with E-state index in [0.29, 0.717) is 18.3 Å². The van der Waals surface area contributed by atoms with E-state index < -0.39 is 6.10 Å². The van der Waals surface area contributed by atoms with Crippen LogP contribution in [0.25, 0.3) is 0 Å². The van der Waals surface area contributed by atoms with E-state index >= 15 is 0 Å². The van der Waals surface area contributed by atoms with Gasteiger partial charge in [-0.1, -0.05) is 18.6 Å². The van der Waals surface area contributed by atoms with Gasteiger partial charge in [0.15, 0.2) is 0 Å². The first-order valence-corrected chi connectivity index (χ1v) is 7.76. The number of benzene rings is 1. The van der Waals surface area contributed by atoms with Gasteiger partial charge in [-0.25, -0.2) is 0 Å². The van der Waals surface area contributed by atoms with Crippen LogP contribution in [0.2, 0.25) is 0 Å². The Morgan fingerprint density at radius 2 is 2.10 bits per heavy atom. The number of hydrogen-bond acceptors (Lipinski definition) is 3. The van der Waals surface area contributed by atoms with E-state index in [9.17, 15) is 5.11 Å². The minimum Gasteiger partial charge on any atom is -0.497 e. The highest BCUT2D eigenvalue weighted by Gasteiger charge is 2.34. The van der Waals surface area contributed by atoms with E-state index in [-0.39, 0.29) is 6.10 Å². The lowest BCUT2D eigenvalue weighted by Crippen LogP contribution is -2.35. The quantitative estimate of drug-likeness (QED) is 0.840. The lowest BCUT2D eigenvalue weighted by Gasteiger charge is -2.37. The predicted octanol–water partition coefficient (Wildman–Crippen LogP) is 3.87. The molecule has 0 saturated carbocycles.